The van der Waals surface area contributed by atoms with Crippen LogP contribution in [0, 0.1) is 0 Å². The van der Waals surface area contributed by atoms with E-state index in [2.05, 4.69) is 12.2 Å². The molecule has 2 aromatic rings. The van der Waals surface area contributed by atoms with E-state index in [0.717, 1.165) is 12.0 Å². The van der Waals surface area contributed by atoms with Crippen molar-refractivity contribution in [1.82, 2.24) is 10.2 Å². The lowest BCUT2D eigenvalue weighted by Gasteiger charge is -2.34. The zero-order valence-electron chi connectivity index (χ0n) is 19.6. The van der Waals surface area contributed by atoms with Crippen molar-refractivity contribution in [3.05, 3.63) is 64.9 Å². The molecule has 8 heteroatoms. The molecule has 0 spiro atoms. The fourth-order valence-electron chi connectivity index (χ4n) is 3.63. The molecule has 2 amide bonds. The predicted octanol–water partition coefficient (Wildman–Crippen LogP) is 3.86. The Morgan fingerprint density at radius 1 is 1.03 bits per heavy atom. The van der Waals surface area contributed by atoms with E-state index in [-0.39, 0.29) is 19.2 Å². The van der Waals surface area contributed by atoms with Crippen molar-refractivity contribution in [2.24, 2.45) is 0 Å². The van der Waals surface area contributed by atoms with Crippen molar-refractivity contribution in [3.8, 4) is 17.2 Å². The Hall–Kier alpha value is -3.68. The lowest BCUT2D eigenvalue weighted by Crippen LogP contribution is -2.48. The van der Waals surface area contributed by atoms with E-state index in [1.807, 2.05) is 24.3 Å². The van der Waals surface area contributed by atoms with Crippen molar-refractivity contribution in [2.45, 2.75) is 26.3 Å². The summed E-state index contributed by atoms with van der Waals surface area (Å²) in [7, 11) is 4.67. The molecule has 0 bridgehead atoms. The number of hydrogen-bond donors (Lipinski definition) is 1. The molecule has 0 aliphatic carbocycles. The number of carbonyl (C=O) groups excluding carboxylic acids is 2. The number of esters is 1. The van der Waals surface area contributed by atoms with E-state index in [4.69, 9.17) is 18.9 Å². The summed E-state index contributed by atoms with van der Waals surface area (Å²) in [6.45, 7) is 4.01. The Kier molecular flexibility index (Phi) is 7.82. The summed E-state index contributed by atoms with van der Waals surface area (Å²) in [5.41, 5.74) is 2.47. The summed E-state index contributed by atoms with van der Waals surface area (Å²) in [5.74, 6) is 1.20. The molecule has 0 saturated heterocycles. The molecule has 1 unspecified atom stereocenters. The first kappa shape index (κ1) is 24.0. The average Bonchev–Trinajstić information content (AvgIpc) is 2.84. The number of amides is 2. The second-order valence-electron chi connectivity index (χ2n) is 7.46. The number of nitrogens with zero attached hydrogens (tertiary/aromatic N) is 1. The van der Waals surface area contributed by atoms with Gasteiger partial charge in [-0.2, -0.15) is 0 Å². The van der Waals surface area contributed by atoms with E-state index < -0.39 is 12.0 Å². The lowest BCUT2D eigenvalue weighted by atomic mass is 9.94. The van der Waals surface area contributed by atoms with Gasteiger partial charge >= 0.3 is 12.0 Å². The summed E-state index contributed by atoms with van der Waals surface area (Å²) in [4.78, 5) is 27.3. The van der Waals surface area contributed by atoms with Gasteiger partial charge < -0.3 is 24.3 Å². The SMILES string of the molecule is CCOC(=O)C1=C(COc2cccc(CC)c2)N(C)C(=O)NC1c1cc(OC)cc(OC)c1. The molecule has 8 nitrogen and oxygen atoms in total. The minimum absolute atomic E-state index is 0.0167. The van der Waals surface area contributed by atoms with E-state index >= 15 is 0 Å². The molecule has 3 rings (SSSR count). The Bertz CT molecular complexity index is 1030. The van der Waals surface area contributed by atoms with Gasteiger partial charge in [-0.25, -0.2) is 9.59 Å². The molecule has 0 radical (unpaired) electrons. The zero-order chi connectivity index (χ0) is 24.0. The predicted molar refractivity (Wildman–Crippen MR) is 124 cm³/mol. The van der Waals surface area contributed by atoms with Gasteiger partial charge in [-0.3, -0.25) is 4.90 Å². The van der Waals surface area contributed by atoms with Crippen molar-refractivity contribution < 1.29 is 28.5 Å². The van der Waals surface area contributed by atoms with Crippen LogP contribution in [0.3, 0.4) is 0 Å². The van der Waals surface area contributed by atoms with Gasteiger partial charge in [0.2, 0.25) is 0 Å². The lowest BCUT2D eigenvalue weighted by molar-refractivity contribution is -0.139. The van der Waals surface area contributed by atoms with Crippen molar-refractivity contribution in [2.75, 3.05) is 34.5 Å². The van der Waals surface area contributed by atoms with Crippen LogP contribution < -0.4 is 19.5 Å². The minimum Gasteiger partial charge on any atom is -0.497 e. The van der Waals surface area contributed by atoms with Crippen molar-refractivity contribution in [3.63, 3.8) is 0 Å². The maximum atomic E-state index is 13.1. The normalized spacial score (nSPS) is 15.7. The van der Waals surface area contributed by atoms with Gasteiger partial charge in [-0.15, -0.1) is 0 Å². The summed E-state index contributed by atoms with van der Waals surface area (Å²) in [5, 5.41) is 2.88. The van der Waals surface area contributed by atoms with Gasteiger partial charge in [-0.05, 0) is 48.7 Å². The van der Waals surface area contributed by atoms with E-state index in [1.165, 1.54) is 19.1 Å². The highest BCUT2D eigenvalue weighted by Gasteiger charge is 2.37. The second-order valence-corrected chi connectivity index (χ2v) is 7.46. The van der Waals surface area contributed by atoms with E-state index in [0.29, 0.717) is 34.1 Å². The molecule has 1 heterocycles. The van der Waals surface area contributed by atoms with Crippen molar-refractivity contribution in [1.29, 1.82) is 0 Å². The van der Waals surface area contributed by atoms with Gasteiger partial charge in [0.15, 0.2) is 0 Å². The fraction of sp³-hybridized carbons (Fsp3) is 0.360. The number of hydrogen-bond acceptors (Lipinski definition) is 6. The van der Waals surface area contributed by atoms with Crippen LogP contribution in [0.4, 0.5) is 4.79 Å². The minimum atomic E-state index is -0.766. The number of nitrogens with one attached hydrogen (secondary N) is 1. The summed E-state index contributed by atoms with van der Waals surface area (Å²) >= 11 is 0. The highest BCUT2D eigenvalue weighted by atomic mass is 16.5. The van der Waals surface area contributed by atoms with Crippen LogP contribution in [0.1, 0.15) is 31.0 Å². The number of carbonyl (C=O) groups is 2. The van der Waals surface area contributed by atoms with E-state index in [9.17, 15) is 9.59 Å². The number of rotatable bonds is 9. The van der Waals surface area contributed by atoms with Crippen LogP contribution >= 0.6 is 0 Å². The van der Waals surface area contributed by atoms with Crippen LogP contribution in [-0.2, 0) is 16.0 Å². The van der Waals surface area contributed by atoms with E-state index in [1.54, 1.807) is 32.2 Å². The largest absolute Gasteiger partial charge is 0.497 e. The van der Waals surface area contributed by atoms with Gasteiger partial charge in [0, 0.05) is 13.1 Å². The smallest absolute Gasteiger partial charge is 0.338 e. The molecule has 2 aromatic carbocycles. The fourth-order valence-corrected chi connectivity index (χ4v) is 3.63. The molecule has 0 saturated carbocycles. The van der Waals surface area contributed by atoms with Gasteiger partial charge in [0.05, 0.1) is 38.1 Å². The Morgan fingerprint density at radius 3 is 2.33 bits per heavy atom. The number of urea groups is 1. The van der Waals surface area contributed by atoms with Gasteiger partial charge in [0.1, 0.15) is 23.9 Å². The van der Waals surface area contributed by atoms with Crippen LogP contribution in [0.2, 0.25) is 0 Å². The molecule has 176 valence electrons. The molecule has 1 N–H and O–H groups in total. The molecule has 1 aliphatic rings. The third-order valence-corrected chi connectivity index (χ3v) is 5.46. The average molecular weight is 455 g/mol. The first-order valence-corrected chi connectivity index (χ1v) is 10.8. The topological polar surface area (TPSA) is 86.3 Å². The first-order chi connectivity index (χ1) is 15.9. The number of aryl methyl sites for hydroxylation is 1. The Morgan fingerprint density at radius 2 is 1.73 bits per heavy atom. The van der Waals surface area contributed by atoms with Crippen molar-refractivity contribution >= 4 is 12.0 Å². The molecular formula is C25H30N2O6. The number of benzene rings is 2. The standard InChI is InChI=1S/C25H30N2O6/c1-6-16-9-8-10-18(11-16)33-15-21-22(24(28)32-7-2)23(26-25(29)27(21)3)17-12-19(30-4)14-20(13-17)31-5/h8-14,23H,6-7,15H2,1-5H3,(H,26,29). The number of likely N-dealkylation sites (N-methyl/N-ethyl adjacent to an activating group) is 1. The maximum absolute atomic E-state index is 13.1. The Labute approximate surface area is 194 Å². The number of methoxy groups -OCH3 is 2. The molecule has 1 aliphatic heterocycles. The van der Waals surface area contributed by atoms with Crippen LogP contribution in [0.5, 0.6) is 17.2 Å². The van der Waals surface area contributed by atoms with Crippen LogP contribution in [-0.4, -0.2) is 51.4 Å². The molecular weight excluding hydrogens is 424 g/mol. The number of ether oxygens (including phenoxy) is 4. The molecule has 0 fully saturated rings. The summed E-state index contributed by atoms with van der Waals surface area (Å²) < 4.78 is 22.1. The molecule has 0 aromatic heterocycles. The third kappa shape index (κ3) is 5.39. The first-order valence-electron chi connectivity index (χ1n) is 10.8. The van der Waals surface area contributed by atoms with Gasteiger partial charge in [-0.1, -0.05) is 19.1 Å². The highest BCUT2D eigenvalue weighted by Crippen LogP contribution is 2.35. The molecule has 1 atom stereocenters. The van der Waals surface area contributed by atoms with Crippen LogP contribution in [0.15, 0.2) is 53.7 Å². The summed E-state index contributed by atoms with van der Waals surface area (Å²) in [6.07, 6.45) is 0.871. The highest BCUT2D eigenvalue weighted by molar-refractivity contribution is 5.95. The maximum Gasteiger partial charge on any atom is 0.338 e. The van der Waals surface area contributed by atoms with Gasteiger partial charge in [0.25, 0.3) is 0 Å². The Balaban J connectivity index is 2.07. The van der Waals surface area contributed by atoms with Crippen LogP contribution in [0.25, 0.3) is 0 Å². The quantitative estimate of drug-likeness (QED) is 0.579. The molecule has 33 heavy (non-hydrogen) atoms. The zero-order valence-corrected chi connectivity index (χ0v) is 19.6. The third-order valence-electron chi connectivity index (χ3n) is 5.46. The second kappa shape index (κ2) is 10.8. The summed E-state index contributed by atoms with van der Waals surface area (Å²) in [6, 6.07) is 11.8. The monoisotopic (exact) mass is 454 g/mol.